The highest BCUT2D eigenvalue weighted by Gasteiger charge is 2.18. The number of benzene rings is 2. The molecule has 0 amide bonds. The van der Waals surface area contributed by atoms with Gasteiger partial charge in [0.05, 0.1) is 0 Å². The van der Waals surface area contributed by atoms with Crippen LogP contribution in [0.15, 0.2) is 59.5 Å². The zero-order valence-electron chi connectivity index (χ0n) is 13.2. The molecule has 2 nitrogen and oxygen atoms in total. The van der Waals surface area contributed by atoms with Crippen molar-refractivity contribution in [1.82, 2.24) is 4.90 Å². The van der Waals surface area contributed by atoms with Gasteiger partial charge < -0.3 is 5.32 Å². The fourth-order valence-corrected chi connectivity index (χ4v) is 3.41. The quantitative estimate of drug-likeness (QED) is 0.819. The molecule has 22 heavy (non-hydrogen) atoms. The first-order chi connectivity index (χ1) is 10.8. The van der Waals surface area contributed by atoms with Crippen LogP contribution >= 0.6 is 11.8 Å². The topological polar surface area (TPSA) is 15.3 Å². The van der Waals surface area contributed by atoms with Crippen molar-refractivity contribution >= 4 is 17.4 Å². The van der Waals surface area contributed by atoms with Crippen LogP contribution in [0.3, 0.4) is 0 Å². The molecule has 1 aliphatic rings. The first-order valence-electron chi connectivity index (χ1n) is 8.00. The Balaban J connectivity index is 1.47. The molecule has 0 unspecified atom stereocenters. The fourth-order valence-electron chi connectivity index (χ4n) is 3.00. The van der Waals surface area contributed by atoms with E-state index < -0.39 is 0 Å². The smallest absolute Gasteiger partial charge is 0.0343 e. The van der Waals surface area contributed by atoms with Crippen molar-refractivity contribution in [3.8, 4) is 0 Å². The molecule has 1 fully saturated rings. The first-order valence-corrected chi connectivity index (χ1v) is 9.23. The Bertz CT molecular complexity index is 560. The van der Waals surface area contributed by atoms with Crippen LogP contribution < -0.4 is 5.32 Å². The van der Waals surface area contributed by atoms with E-state index in [1.54, 1.807) is 11.8 Å². The number of likely N-dealkylation sites (tertiary alicyclic amines) is 1. The van der Waals surface area contributed by atoms with E-state index >= 15 is 0 Å². The van der Waals surface area contributed by atoms with Gasteiger partial charge in [0, 0.05) is 36.3 Å². The zero-order valence-corrected chi connectivity index (χ0v) is 14.0. The van der Waals surface area contributed by atoms with Crippen LogP contribution in [0.2, 0.25) is 0 Å². The normalized spacial score (nSPS) is 16.6. The molecule has 0 bridgehead atoms. The molecule has 3 heteroatoms. The third-order valence-electron chi connectivity index (χ3n) is 4.30. The Morgan fingerprint density at radius 3 is 2.32 bits per heavy atom. The molecule has 1 N–H and O–H groups in total. The summed E-state index contributed by atoms with van der Waals surface area (Å²) in [6.07, 6.45) is 4.55. The van der Waals surface area contributed by atoms with E-state index in [0.29, 0.717) is 6.04 Å². The third-order valence-corrected chi connectivity index (χ3v) is 5.04. The van der Waals surface area contributed by atoms with Crippen LogP contribution in [0.4, 0.5) is 5.69 Å². The minimum atomic E-state index is 0.604. The second-order valence-corrected chi connectivity index (χ2v) is 6.79. The Labute approximate surface area is 137 Å². The number of hydrogen-bond acceptors (Lipinski definition) is 3. The average molecular weight is 312 g/mol. The molecule has 116 valence electrons. The molecule has 0 aliphatic carbocycles. The number of nitrogens with one attached hydrogen (secondary N) is 1. The maximum absolute atomic E-state index is 3.68. The van der Waals surface area contributed by atoms with Crippen molar-refractivity contribution in [1.29, 1.82) is 0 Å². The van der Waals surface area contributed by atoms with E-state index in [1.807, 2.05) is 0 Å². The Hall–Kier alpha value is -1.45. The minimum Gasteiger partial charge on any atom is -0.382 e. The van der Waals surface area contributed by atoms with Crippen LogP contribution in [-0.4, -0.2) is 30.3 Å². The highest BCUT2D eigenvalue weighted by Crippen LogP contribution is 2.21. The van der Waals surface area contributed by atoms with Gasteiger partial charge in [-0.2, -0.15) is 0 Å². The van der Waals surface area contributed by atoms with Crippen LogP contribution in [-0.2, 0) is 6.54 Å². The predicted molar refractivity (Wildman–Crippen MR) is 96.6 cm³/mol. The number of piperidine rings is 1. The molecule has 1 saturated heterocycles. The van der Waals surface area contributed by atoms with E-state index in [4.69, 9.17) is 0 Å². The Morgan fingerprint density at radius 1 is 1.00 bits per heavy atom. The molecule has 0 spiro atoms. The standard InChI is InChI=1S/C19H24N2S/c1-22-19-9-7-17(8-10-19)20-18-11-13-21(14-12-18)15-16-5-3-2-4-6-16/h2-10,18,20H,11-15H2,1H3. The molecular weight excluding hydrogens is 288 g/mol. The van der Waals surface area contributed by atoms with Crippen molar-refractivity contribution in [3.05, 3.63) is 60.2 Å². The Kier molecular flexibility index (Phi) is 5.41. The maximum atomic E-state index is 3.68. The van der Waals surface area contributed by atoms with Crippen LogP contribution in [0.1, 0.15) is 18.4 Å². The highest BCUT2D eigenvalue weighted by molar-refractivity contribution is 7.98. The molecule has 0 atom stereocenters. The molecule has 2 aromatic rings. The van der Waals surface area contributed by atoms with Crippen molar-refractivity contribution < 1.29 is 0 Å². The molecule has 2 aromatic carbocycles. The lowest BCUT2D eigenvalue weighted by Gasteiger charge is -2.33. The summed E-state index contributed by atoms with van der Waals surface area (Å²) in [5.41, 5.74) is 2.67. The Morgan fingerprint density at radius 2 is 1.68 bits per heavy atom. The summed E-state index contributed by atoms with van der Waals surface area (Å²) < 4.78 is 0. The highest BCUT2D eigenvalue weighted by atomic mass is 32.2. The second kappa shape index (κ2) is 7.70. The van der Waals surface area contributed by atoms with E-state index in [2.05, 4.69) is 71.1 Å². The van der Waals surface area contributed by atoms with Crippen molar-refractivity contribution in [2.24, 2.45) is 0 Å². The molecule has 1 heterocycles. The number of rotatable bonds is 5. The van der Waals surface area contributed by atoms with Crippen LogP contribution in [0.5, 0.6) is 0 Å². The van der Waals surface area contributed by atoms with E-state index in [1.165, 1.54) is 42.1 Å². The lowest BCUT2D eigenvalue weighted by molar-refractivity contribution is 0.211. The van der Waals surface area contributed by atoms with Crippen molar-refractivity contribution in [2.75, 3.05) is 24.7 Å². The minimum absolute atomic E-state index is 0.604. The monoisotopic (exact) mass is 312 g/mol. The SMILES string of the molecule is CSc1ccc(NC2CCN(Cc3ccccc3)CC2)cc1. The number of hydrogen-bond donors (Lipinski definition) is 1. The van der Waals surface area contributed by atoms with E-state index in [9.17, 15) is 0 Å². The zero-order chi connectivity index (χ0) is 15.2. The summed E-state index contributed by atoms with van der Waals surface area (Å²) in [5.74, 6) is 0. The van der Waals surface area contributed by atoms with E-state index in [-0.39, 0.29) is 0 Å². The van der Waals surface area contributed by atoms with Gasteiger partial charge in [-0.1, -0.05) is 30.3 Å². The molecule has 0 radical (unpaired) electrons. The summed E-state index contributed by atoms with van der Waals surface area (Å²) in [6.45, 7) is 3.43. The number of anilines is 1. The van der Waals surface area contributed by atoms with Gasteiger partial charge in [0.15, 0.2) is 0 Å². The molecule has 3 rings (SSSR count). The number of thioether (sulfide) groups is 1. The predicted octanol–water partition coefficient (Wildman–Crippen LogP) is 4.49. The average Bonchev–Trinajstić information content (AvgIpc) is 2.58. The van der Waals surface area contributed by atoms with Crippen molar-refractivity contribution in [2.45, 2.75) is 30.3 Å². The lowest BCUT2D eigenvalue weighted by Crippen LogP contribution is -2.38. The summed E-state index contributed by atoms with van der Waals surface area (Å²) in [4.78, 5) is 3.88. The summed E-state index contributed by atoms with van der Waals surface area (Å²) in [7, 11) is 0. The van der Waals surface area contributed by atoms with Gasteiger partial charge in [-0.3, -0.25) is 4.90 Å². The van der Waals surface area contributed by atoms with Gasteiger partial charge in [-0.05, 0) is 48.9 Å². The largest absolute Gasteiger partial charge is 0.382 e. The van der Waals surface area contributed by atoms with Gasteiger partial charge in [-0.15, -0.1) is 11.8 Å². The van der Waals surface area contributed by atoms with Gasteiger partial charge in [0.2, 0.25) is 0 Å². The van der Waals surface area contributed by atoms with Crippen LogP contribution in [0.25, 0.3) is 0 Å². The van der Waals surface area contributed by atoms with Crippen LogP contribution in [0, 0.1) is 0 Å². The van der Waals surface area contributed by atoms with E-state index in [0.717, 1.165) is 6.54 Å². The third kappa shape index (κ3) is 4.28. The molecule has 0 aromatic heterocycles. The number of nitrogens with zero attached hydrogens (tertiary/aromatic N) is 1. The van der Waals surface area contributed by atoms with Gasteiger partial charge in [-0.25, -0.2) is 0 Å². The van der Waals surface area contributed by atoms with Gasteiger partial charge in [0.25, 0.3) is 0 Å². The van der Waals surface area contributed by atoms with Crippen molar-refractivity contribution in [3.63, 3.8) is 0 Å². The summed E-state index contributed by atoms with van der Waals surface area (Å²) in [5, 5.41) is 3.68. The second-order valence-electron chi connectivity index (χ2n) is 5.91. The fraction of sp³-hybridized carbons (Fsp3) is 0.368. The first kappa shape index (κ1) is 15.4. The summed E-state index contributed by atoms with van der Waals surface area (Å²) >= 11 is 1.79. The molecule has 1 aliphatic heterocycles. The maximum Gasteiger partial charge on any atom is 0.0343 e. The molecular formula is C19H24N2S. The lowest BCUT2D eigenvalue weighted by atomic mass is 10.0. The molecule has 0 saturated carbocycles. The van der Waals surface area contributed by atoms with Gasteiger partial charge >= 0.3 is 0 Å². The van der Waals surface area contributed by atoms with Gasteiger partial charge in [0.1, 0.15) is 0 Å². The summed E-state index contributed by atoms with van der Waals surface area (Å²) in [6, 6.07) is 20.2.